The lowest BCUT2D eigenvalue weighted by atomic mass is 9.35. The molecule has 34 heavy (non-hydrogen) atoms. The summed E-state index contributed by atoms with van der Waals surface area (Å²) in [6.45, 7) is 18.1. The molecule has 3 N–H and O–H groups in total. The largest absolute Gasteiger partial charge is 0.393 e. The number of ether oxygens (including phenoxy) is 1. The van der Waals surface area contributed by atoms with Crippen molar-refractivity contribution < 1.29 is 20.1 Å². The van der Waals surface area contributed by atoms with Crippen LogP contribution in [0.3, 0.4) is 0 Å². The van der Waals surface area contributed by atoms with Gasteiger partial charge >= 0.3 is 0 Å². The van der Waals surface area contributed by atoms with Crippen LogP contribution in [-0.2, 0) is 4.74 Å². The molecule has 0 amide bonds. The minimum atomic E-state index is -0.826. The van der Waals surface area contributed by atoms with Crippen LogP contribution in [0.15, 0.2) is 0 Å². The summed E-state index contributed by atoms with van der Waals surface area (Å²) in [5.41, 5.74) is -0.703. The molecule has 0 spiro atoms. The van der Waals surface area contributed by atoms with Gasteiger partial charge in [-0.25, -0.2) is 0 Å². The van der Waals surface area contributed by atoms with Crippen molar-refractivity contribution in [1.29, 1.82) is 0 Å². The Labute approximate surface area is 208 Å². The van der Waals surface area contributed by atoms with Gasteiger partial charge in [0.05, 0.1) is 29.5 Å². The molecule has 0 aromatic rings. The maximum absolute atomic E-state index is 11.9. The first-order chi connectivity index (χ1) is 15.5. The monoisotopic (exact) mass is 476 g/mol. The van der Waals surface area contributed by atoms with E-state index in [1.807, 2.05) is 13.8 Å². The van der Waals surface area contributed by atoms with Gasteiger partial charge in [-0.05, 0) is 124 Å². The van der Waals surface area contributed by atoms with Gasteiger partial charge in [-0.15, -0.1) is 0 Å². The first kappa shape index (κ1) is 25.5. The summed E-state index contributed by atoms with van der Waals surface area (Å²) in [6.07, 6.45) is 8.72. The summed E-state index contributed by atoms with van der Waals surface area (Å²) in [6, 6.07) is 0. The molecule has 0 aromatic carbocycles. The zero-order valence-corrected chi connectivity index (χ0v) is 23.2. The fourth-order valence-corrected chi connectivity index (χ4v) is 11.1. The molecule has 5 aliphatic rings. The Morgan fingerprint density at radius 2 is 1.41 bits per heavy atom. The minimum Gasteiger partial charge on any atom is -0.393 e. The SMILES string of the molecule is CC(C)(O)[C@H]1CC[C@@](C)([C@H]2CC[C@]3(C)C2[C@H](O)CC2[C@@]4(C)CC[C@H](O)C(C)(C)C4CC[C@]23C)O1. The van der Waals surface area contributed by atoms with Crippen molar-refractivity contribution in [2.75, 3.05) is 0 Å². The molecule has 1 saturated heterocycles. The first-order valence-electron chi connectivity index (χ1n) is 14.3. The summed E-state index contributed by atoms with van der Waals surface area (Å²) < 4.78 is 6.66. The van der Waals surface area contributed by atoms with Gasteiger partial charge in [0.1, 0.15) is 0 Å². The van der Waals surface area contributed by atoms with Gasteiger partial charge in [-0.3, -0.25) is 0 Å². The lowest BCUT2D eigenvalue weighted by molar-refractivity contribution is -0.248. The van der Waals surface area contributed by atoms with Crippen LogP contribution in [0, 0.1) is 45.3 Å². The van der Waals surface area contributed by atoms with Crippen molar-refractivity contribution in [2.24, 2.45) is 45.3 Å². The molecule has 0 radical (unpaired) electrons. The molecule has 5 rings (SSSR count). The van der Waals surface area contributed by atoms with E-state index in [4.69, 9.17) is 4.74 Å². The van der Waals surface area contributed by atoms with E-state index in [0.717, 1.165) is 44.9 Å². The van der Waals surface area contributed by atoms with Crippen LogP contribution in [0.2, 0.25) is 0 Å². The van der Waals surface area contributed by atoms with E-state index < -0.39 is 5.60 Å². The molecule has 0 bridgehead atoms. The van der Waals surface area contributed by atoms with E-state index in [-0.39, 0.29) is 51.5 Å². The van der Waals surface area contributed by atoms with Gasteiger partial charge in [-0.1, -0.05) is 34.6 Å². The summed E-state index contributed by atoms with van der Waals surface area (Å²) in [5, 5.41) is 33.4. The zero-order valence-electron chi connectivity index (χ0n) is 23.2. The maximum atomic E-state index is 11.9. The fourth-order valence-electron chi connectivity index (χ4n) is 11.1. The number of fused-ring (bicyclic) bond motifs is 5. The summed E-state index contributed by atoms with van der Waals surface area (Å²) in [4.78, 5) is 0. The van der Waals surface area contributed by atoms with Crippen molar-refractivity contribution in [3.8, 4) is 0 Å². The molecular weight excluding hydrogens is 424 g/mol. The van der Waals surface area contributed by atoms with Gasteiger partial charge in [0, 0.05) is 0 Å². The van der Waals surface area contributed by atoms with Crippen LogP contribution in [0.4, 0.5) is 0 Å². The van der Waals surface area contributed by atoms with Crippen LogP contribution in [0.5, 0.6) is 0 Å². The standard InChI is InChI=1S/C30H52O4/c1-25(2)20-10-15-28(6)21(27(20,5)13-11-22(25)32)17-19(31)24-18(9-14-29(24,28)7)30(8)16-12-23(34-30)26(3,4)33/h18-24,31-33H,9-17H2,1-8H3/t18-,19+,20?,21?,22-,23+,24?,27-,28+,29+,30-/m0/s1. The highest BCUT2D eigenvalue weighted by Crippen LogP contribution is 2.76. The molecule has 11 atom stereocenters. The Hall–Kier alpha value is -0.160. The molecule has 1 aliphatic heterocycles. The van der Waals surface area contributed by atoms with Gasteiger partial charge in [0.2, 0.25) is 0 Å². The van der Waals surface area contributed by atoms with Crippen molar-refractivity contribution in [1.82, 2.24) is 0 Å². The maximum Gasteiger partial charge on any atom is 0.0865 e. The summed E-state index contributed by atoms with van der Waals surface area (Å²) in [5.74, 6) is 1.59. The molecule has 4 aliphatic carbocycles. The molecule has 196 valence electrons. The predicted molar refractivity (Wildman–Crippen MR) is 135 cm³/mol. The van der Waals surface area contributed by atoms with Crippen LogP contribution >= 0.6 is 0 Å². The van der Waals surface area contributed by atoms with Crippen molar-refractivity contribution in [3.05, 3.63) is 0 Å². The highest BCUT2D eigenvalue weighted by molar-refractivity contribution is 5.20. The number of hydrogen-bond acceptors (Lipinski definition) is 4. The molecule has 1 heterocycles. The number of aliphatic hydroxyl groups excluding tert-OH is 2. The Morgan fingerprint density at radius 3 is 2.03 bits per heavy atom. The van der Waals surface area contributed by atoms with E-state index in [9.17, 15) is 15.3 Å². The number of hydrogen-bond donors (Lipinski definition) is 3. The molecule has 0 aromatic heterocycles. The van der Waals surface area contributed by atoms with Crippen molar-refractivity contribution in [3.63, 3.8) is 0 Å². The molecule has 5 fully saturated rings. The average molecular weight is 477 g/mol. The molecule has 4 nitrogen and oxygen atoms in total. The van der Waals surface area contributed by atoms with Gasteiger partial charge in [0.15, 0.2) is 0 Å². The summed E-state index contributed by atoms with van der Waals surface area (Å²) in [7, 11) is 0. The fraction of sp³-hybridized carbons (Fsp3) is 1.00. The van der Waals surface area contributed by atoms with Crippen molar-refractivity contribution >= 4 is 0 Å². The van der Waals surface area contributed by atoms with E-state index in [2.05, 4.69) is 41.5 Å². The minimum absolute atomic E-state index is 0.0630. The number of aliphatic hydroxyl groups is 3. The Morgan fingerprint density at radius 1 is 0.765 bits per heavy atom. The van der Waals surface area contributed by atoms with E-state index >= 15 is 0 Å². The van der Waals surface area contributed by atoms with E-state index in [1.165, 1.54) is 12.8 Å². The molecule has 4 heteroatoms. The second-order valence-corrected chi connectivity index (χ2v) is 15.4. The Kier molecular flexibility index (Phi) is 5.59. The van der Waals surface area contributed by atoms with Crippen LogP contribution in [-0.4, -0.2) is 44.8 Å². The highest BCUT2D eigenvalue weighted by Gasteiger charge is 2.71. The molecule has 3 unspecified atom stereocenters. The third-order valence-electron chi connectivity index (χ3n) is 13.3. The topological polar surface area (TPSA) is 69.9 Å². The Balaban J connectivity index is 1.48. The van der Waals surface area contributed by atoms with Crippen LogP contribution in [0.25, 0.3) is 0 Å². The second-order valence-electron chi connectivity index (χ2n) is 15.4. The lowest BCUT2D eigenvalue weighted by Gasteiger charge is -2.70. The third-order valence-corrected chi connectivity index (χ3v) is 13.3. The predicted octanol–water partition coefficient (Wildman–Crippen LogP) is 5.71. The first-order valence-corrected chi connectivity index (χ1v) is 14.3. The molecular formula is C30H52O4. The smallest absolute Gasteiger partial charge is 0.0865 e. The van der Waals surface area contributed by atoms with E-state index in [1.54, 1.807) is 0 Å². The van der Waals surface area contributed by atoms with Gasteiger partial charge < -0.3 is 20.1 Å². The normalized spacial score (nSPS) is 57.1. The van der Waals surface area contributed by atoms with Gasteiger partial charge in [0.25, 0.3) is 0 Å². The lowest BCUT2D eigenvalue weighted by Crippen LogP contribution is -2.66. The van der Waals surface area contributed by atoms with Crippen molar-refractivity contribution in [2.45, 2.75) is 143 Å². The van der Waals surface area contributed by atoms with E-state index in [0.29, 0.717) is 17.8 Å². The Bertz CT molecular complexity index is 817. The van der Waals surface area contributed by atoms with Crippen LogP contribution < -0.4 is 0 Å². The summed E-state index contributed by atoms with van der Waals surface area (Å²) >= 11 is 0. The van der Waals surface area contributed by atoms with Gasteiger partial charge in [-0.2, -0.15) is 0 Å². The average Bonchev–Trinajstić information content (AvgIpc) is 3.30. The van der Waals surface area contributed by atoms with Crippen LogP contribution in [0.1, 0.15) is 113 Å². The zero-order chi connectivity index (χ0) is 25.1. The third kappa shape index (κ3) is 3.16. The quantitative estimate of drug-likeness (QED) is 0.477. The molecule has 4 saturated carbocycles. The highest BCUT2D eigenvalue weighted by atomic mass is 16.5. The second kappa shape index (κ2) is 7.45. The number of rotatable bonds is 2.